The zero-order chi connectivity index (χ0) is 14.5. The fraction of sp³-hybridized carbons (Fsp3) is 0.500. The van der Waals surface area contributed by atoms with Crippen molar-refractivity contribution in [3.05, 3.63) is 22.4 Å². The highest BCUT2D eigenvalue weighted by Crippen LogP contribution is 2.17. The first-order valence-electron chi connectivity index (χ1n) is 7.34. The van der Waals surface area contributed by atoms with Crippen LogP contribution in [0.2, 0.25) is 0 Å². The molecule has 2 aromatic rings. The summed E-state index contributed by atoms with van der Waals surface area (Å²) in [4.78, 5) is 16.5. The Bertz CT molecular complexity index is 565. The maximum Gasteiger partial charge on any atom is 0.231 e. The Morgan fingerprint density at radius 1 is 1.19 bits per heavy atom. The zero-order valence-electron chi connectivity index (χ0n) is 12.0. The molecule has 3 rings (SSSR count). The van der Waals surface area contributed by atoms with Crippen LogP contribution >= 0.6 is 11.3 Å². The van der Waals surface area contributed by atoms with E-state index in [1.165, 1.54) is 24.1 Å². The maximum atomic E-state index is 5.81. The van der Waals surface area contributed by atoms with Gasteiger partial charge in [0.15, 0.2) is 0 Å². The molecule has 21 heavy (non-hydrogen) atoms. The number of anilines is 3. The molecule has 0 unspecified atom stereocenters. The lowest BCUT2D eigenvalue weighted by atomic mass is 10.1. The van der Waals surface area contributed by atoms with Crippen LogP contribution < -0.4 is 16.0 Å². The van der Waals surface area contributed by atoms with Crippen molar-refractivity contribution >= 4 is 29.2 Å². The summed E-state index contributed by atoms with van der Waals surface area (Å²) < 4.78 is 0. The van der Waals surface area contributed by atoms with Crippen molar-refractivity contribution in [1.29, 1.82) is 0 Å². The summed E-state index contributed by atoms with van der Waals surface area (Å²) in [6, 6.07) is 4.20. The largest absolute Gasteiger partial charge is 0.368 e. The standard InChI is InChI=1S/C14H20N6S/c15-12-17-13(16-7-6-11-5-4-10-21-11)19-14(18-12)20-8-2-1-3-9-20/h4-5,10H,1-3,6-9H2,(H3,15,16,17,18,19). The smallest absolute Gasteiger partial charge is 0.231 e. The number of aromatic nitrogens is 3. The van der Waals surface area contributed by atoms with Crippen LogP contribution in [0.4, 0.5) is 17.8 Å². The SMILES string of the molecule is Nc1nc(NCCc2cccs2)nc(N2CCCCC2)n1. The van der Waals surface area contributed by atoms with E-state index in [1.54, 1.807) is 11.3 Å². The molecule has 0 atom stereocenters. The Hall–Kier alpha value is -1.89. The first-order chi connectivity index (χ1) is 10.3. The third-order valence-corrected chi connectivity index (χ3v) is 4.45. The number of piperidine rings is 1. The highest BCUT2D eigenvalue weighted by Gasteiger charge is 2.15. The Kier molecular flexibility index (Phi) is 4.49. The van der Waals surface area contributed by atoms with Gasteiger partial charge >= 0.3 is 0 Å². The predicted octanol–water partition coefficient (Wildman–Crippen LogP) is 2.16. The predicted molar refractivity (Wildman–Crippen MR) is 86.8 cm³/mol. The van der Waals surface area contributed by atoms with Crippen LogP contribution in [0.5, 0.6) is 0 Å². The van der Waals surface area contributed by atoms with Crippen LogP contribution in [0, 0.1) is 0 Å². The highest BCUT2D eigenvalue weighted by molar-refractivity contribution is 7.09. The summed E-state index contributed by atoms with van der Waals surface area (Å²) in [5.41, 5.74) is 5.81. The van der Waals surface area contributed by atoms with Gasteiger partial charge in [0, 0.05) is 24.5 Å². The molecule has 1 aliphatic rings. The van der Waals surface area contributed by atoms with Gasteiger partial charge in [-0.1, -0.05) is 6.07 Å². The fourth-order valence-electron chi connectivity index (χ4n) is 2.45. The molecule has 0 amide bonds. The molecule has 0 spiro atoms. The van der Waals surface area contributed by atoms with E-state index >= 15 is 0 Å². The van der Waals surface area contributed by atoms with Crippen molar-refractivity contribution < 1.29 is 0 Å². The number of nitrogens with zero attached hydrogens (tertiary/aromatic N) is 4. The second kappa shape index (κ2) is 6.71. The molecule has 112 valence electrons. The van der Waals surface area contributed by atoms with E-state index in [4.69, 9.17) is 5.73 Å². The Morgan fingerprint density at radius 2 is 2.05 bits per heavy atom. The van der Waals surface area contributed by atoms with Gasteiger partial charge in [0.2, 0.25) is 17.8 Å². The van der Waals surface area contributed by atoms with E-state index in [-0.39, 0.29) is 5.95 Å². The lowest BCUT2D eigenvalue weighted by Crippen LogP contribution is -2.31. The Morgan fingerprint density at radius 3 is 2.81 bits per heavy atom. The number of hydrogen-bond donors (Lipinski definition) is 2. The van der Waals surface area contributed by atoms with Gasteiger partial charge in [-0.05, 0) is 37.1 Å². The average Bonchev–Trinajstić information content (AvgIpc) is 3.01. The first kappa shape index (κ1) is 14.1. The third-order valence-electron chi connectivity index (χ3n) is 3.51. The fourth-order valence-corrected chi connectivity index (χ4v) is 3.16. The van der Waals surface area contributed by atoms with Gasteiger partial charge in [-0.25, -0.2) is 0 Å². The van der Waals surface area contributed by atoms with Crippen LogP contribution in [-0.2, 0) is 6.42 Å². The monoisotopic (exact) mass is 304 g/mol. The normalized spacial score (nSPS) is 15.1. The van der Waals surface area contributed by atoms with Gasteiger partial charge in [-0.2, -0.15) is 15.0 Å². The molecule has 1 aliphatic heterocycles. The van der Waals surface area contributed by atoms with Crippen molar-refractivity contribution in [3.63, 3.8) is 0 Å². The topological polar surface area (TPSA) is 80.0 Å². The summed E-state index contributed by atoms with van der Waals surface area (Å²) in [6.45, 7) is 2.79. The molecule has 0 aliphatic carbocycles. The molecular formula is C14H20N6S. The van der Waals surface area contributed by atoms with Crippen molar-refractivity contribution in [2.24, 2.45) is 0 Å². The van der Waals surface area contributed by atoms with E-state index in [1.807, 2.05) is 0 Å². The van der Waals surface area contributed by atoms with Crippen LogP contribution in [-0.4, -0.2) is 34.6 Å². The third kappa shape index (κ3) is 3.81. The molecule has 0 bridgehead atoms. The van der Waals surface area contributed by atoms with Gasteiger partial charge in [0.25, 0.3) is 0 Å². The molecule has 0 aromatic carbocycles. The number of nitrogen functional groups attached to an aromatic ring is 1. The van der Waals surface area contributed by atoms with E-state index in [2.05, 4.69) is 42.7 Å². The minimum Gasteiger partial charge on any atom is -0.368 e. The minimum absolute atomic E-state index is 0.282. The number of hydrogen-bond acceptors (Lipinski definition) is 7. The van der Waals surface area contributed by atoms with Gasteiger partial charge in [0.1, 0.15) is 0 Å². The molecule has 6 nitrogen and oxygen atoms in total. The van der Waals surface area contributed by atoms with Gasteiger partial charge in [-0.15, -0.1) is 11.3 Å². The molecule has 1 fully saturated rings. The molecule has 0 saturated carbocycles. The number of thiophene rings is 1. The van der Waals surface area contributed by atoms with Crippen molar-refractivity contribution in [2.45, 2.75) is 25.7 Å². The molecular weight excluding hydrogens is 284 g/mol. The van der Waals surface area contributed by atoms with E-state index in [0.29, 0.717) is 11.9 Å². The maximum absolute atomic E-state index is 5.81. The van der Waals surface area contributed by atoms with Crippen LogP contribution in [0.25, 0.3) is 0 Å². The Balaban J connectivity index is 1.63. The first-order valence-corrected chi connectivity index (χ1v) is 8.22. The van der Waals surface area contributed by atoms with Crippen molar-refractivity contribution in [1.82, 2.24) is 15.0 Å². The van der Waals surface area contributed by atoms with Gasteiger partial charge in [0.05, 0.1) is 0 Å². The lowest BCUT2D eigenvalue weighted by Gasteiger charge is -2.26. The molecule has 2 aromatic heterocycles. The van der Waals surface area contributed by atoms with Gasteiger partial charge in [-0.3, -0.25) is 0 Å². The molecule has 3 N–H and O–H groups in total. The second-order valence-corrected chi connectivity index (χ2v) is 6.15. The van der Waals surface area contributed by atoms with Gasteiger partial charge < -0.3 is 16.0 Å². The molecule has 1 saturated heterocycles. The van der Waals surface area contributed by atoms with Crippen molar-refractivity contribution in [3.8, 4) is 0 Å². The molecule has 3 heterocycles. The summed E-state index contributed by atoms with van der Waals surface area (Å²) in [6.07, 6.45) is 4.62. The summed E-state index contributed by atoms with van der Waals surface area (Å²) in [5, 5.41) is 5.33. The van der Waals surface area contributed by atoms with Crippen LogP contribution in [0.3, 0.4) is 0 Å². The number of nitrogens with one attached hydrogen (secondary N) is 1. The number of nitrogens with two attached hydrogens (primary N) is 1. The van der Waals surface area contributed by atoms with Crippen LogP contribution in [0.15, 0.2) is 17.5 Å². The molecule has 0 radical (unpaired) electrons. The second-order valence-electron chi connectivity index (χ2n) is 5.12. The highest BCUT2D eigenvalue weighted by atomic mass is 32.1. The van der Waals surface area contributed by atoms with E-state index in [9.17, 15) is 0 Å². The molecule has 7 heteroatoms. The van der Waals surface area contributed by atoms with Crippen LogP contribution in [0.1, 0.15) is 24.1 Å². The number of rotatable bonds is 5. The zero-order valence-corrected chi connectivity index (χ0v) is 12.8. The van der Waals surface area contributed by atoms with E-state index in [0.717, 1.165) is 26.1 Å². The Labute approximate surface area is 128 Å². The van der Waals surface area contributed by atoms with Crippen molar-refractivity contribution in [2.75, 3.05) is 35.6 Å². The summed E-state index contributed by atoms with van der Waals surface area (Å²) >= 11 is 1.76. The van der Waals surface area contributed by atoms with E-state index < -0.39 is 0 Å². The summed E-state index contributed by atoms with van der Waals surface area (Å²) in [7, 11) is 0. The average molecular weight is 304 g/mol. The summed E-state index contributed by atoms with van der Waals surface area (Å²) in [5.74, 6) is 1.55. The quantitative estimate of drug-likeness (QED) is 0.881. The minimum atomic E-state index is 0.282. The lowest BCUT2D eigenvalue weighted by molar-refractivity contribution is 0.568.